The first-order valence-corrected chi connectivity index (χ1v) is 14.8. The molecule has 2 amide bonds. The fraction of sp³-hybridized carbons (Fsp3) is 0.450. The number of anilines is 1. The number of aromatic nitrogens is 4. The van der Waals surface area contributed by atoms with Crippen LogP contribution in [-0.4, -0.2) is 94.2 Å². The fourth-order valence-electron chi connectivity index (χ4n) is 3.40. The first kappa shape index (κ1) is 28.7. The molecule has 0 aromatic carbocycles. The van der Waals surface area contributed by atoms with Crippen molar-refractivity contribution >= 4 is 81.0 Å². The van der Waals surface area contributed by atoms with Gasteiger partial charge in [-0.25, -0.2) is 9.59 Å². The van der Waals surface area contributed by atoms with Gasteiger partial charge < -0.3 is 25.7 Å². The molecular weight excluding hydrogens is 593 g/mol. The summed E-state index contributed by atoms with van der Waals surface area (Å²) in [6.07, 6.45) is 0. The summed E-state index contributed by atoms with van der Waals surface area (Å²) in [6, 6.07) is -1.05. The van der Waals surface area contributed by atoms with Crippen molar-refractivity contribution in [1.82, 2.24) is 29.8 Å². The number of carboxylic acid groups (broad SMARTS) is 1. The second-order valence-corrected chi connectivity index (χ2v) is 12.3. The quantitative estimate of drug-likeness (QED) is 0.104. The van der Waals surface area contributed by atoms with Gasteiger partial charge in [-0.15, -0.1) is 22.0 Å². The molecule has 4 rings (SSSR count). The van der Waals surface area contributed by atoms with E-state index in [1.54, 1.807) is 12.4 Å². The summed E-state index contributed by atoms with van der Waals surface area (Å²) >= 11 is 4.78. The van der Waals surface area contributed by atoms with E-state index in [0.717, 1.165) is 16.4 Å². The molecule has 2 aromatic heterocycles. The molecule has 0 spiro atoms. The molecule has 1 unspecified atom stereocenters. The number of amides is 2. The zero-order valence-electron chi connectivity index (χ0n) is 20.6. The summed E-state index contributed by atoms with van der Waals surface area (Å²) in [5, 5.41) is 23.3. The number of nitrogen functional groups attached to an aromatic ring is 1. The number of rotatable bonds is 11. The van der Waals surface area contributed by atoms with Gasteiger partial charge in [0.15, 0.2) is 9.47 Å². The van der Waals surface area contributed by atoms with Crippen molar-refractivity contribution in [1.29, 1.82) is 0 Å². The third kappa shape index (κ3) is 6.15. The molecule has 39 heavy (non-hydrogen) atoms. The molecule has 208 valence electrons. The van der Waals surface area contributed by atoms with Gasteiger partial charge in [0, 0.05) is 23.0 Å². The lowest BCUT2D eigenvalue weighted by molar-refractivity contribution is -0.167. The minimum absolute atomic E-state index is 0.0547. The molecule has 2 aliphatic heterocycles. The standard InChI is InChI=1S/C20H22N8O7S4/c1-4-34-17(33)20(2,3)35-26-9(12-24-18(21)39-27-12)13(29)23-10-14(30)28-11(16(31)32)8(5-36-15(10)28)6-37-19-25-22-7-38-19/h7,10,15H,4-6H2,1-3H3,(H,23,29)(H,31,32)(H2,21,24,27)/t10?,15-/m0/s1. The van der Waals surface area contributed by atoms with Crippen molar-refractivity contribution in [3.63, 3.8) is 0 Å². The Morgan fingerprint density at radius 1 is 1.38 bits per heavy atom. The Labute approximate surface area is 237 Å². The molecule has 0 saturated carbocycles. The molecule has 0 bridgehead atoms. The number of nitrogens with one attached hydrogen (secondary N) is 1. The van der Waals surface area contributed by atoms with Crippen LogP contribution in [0.2, 0.25) is 0 Å². The van der Waals surface area contributed by atoms with Gasteiger partial charge in [-0.2, -0.15) is 9.36 Å². The molecule has 2 atom stereocenters. The summed E-state index contributed by atoms with van der Waals surface area (Å²) in [4.78, 5) is 61.0. The number of carboxylic acids is 1. The van der Waals surface area contributed by atoms with Crippen LogP contribution in [0.5, 0.6) is 0 Å². The van der Waals surface area contributed by atoms with E-state index in [0.29, 0.717) is 21.4 Å². The van der Waals surface area contributed by atoms with Gasteiger partial charge >= 0.3 is 11.9 Å². The van der Waals surface area contributed by atoms with E-state index in [9.17, 15) is 24.3 Å². The van der Waals surface area contributed by atoms with Crippen molar-refractivity contribution in [3.8, 4) is 0 Å². The number of carbonyl (C=O) groups excluding carboxylic acids is 3. The predicted molar refractivity (Wildman–Crippen MR) is 143 cm³/mol. The topological polar surface area (TPSA) is 212 Å². The number of nitrogens with zero attached hydrogens (tertiary/aromatic N) is 6. The third-order valence-corrected chi connectivity index (χ3v) is 9.08. The number of ether oxygens (including phenoxy) is 1. The average Bonchev–Trinajstić information content (AvgIpc) is 3.57. The maximum atomic E-state index is 13.2. The van der Waals surface area contributed by atoms with Gasteiger partial charge in [-0.3, -0.25) is 14.5 Å². The molecule has 4 N–H and O–H groups in total. The molecule has 2 aromatic rings. The van der Waals surface area contributed by atoms with Crippen LogP contribution in [0.4, 0.5) is 5.13 Å². The first-order chi connectivity index (χ1) is 18.5. The third-order valence-electron chi connectivity index (χ3n) is 5.25. The average molecular weight is 615 g/mol. The number of oxime groups is 1. The summed E-state index contributed by atoms with van der Waals surface area (Å²) < 4.78 is 9.61. The van der Waals surface area contributed by atoms with E-state index in [2.05, 4.69) is 30.0 Å². The van der Waals surface area contributed by atoms with E-state index in [1.165, 1.54) is 48.7 Å². The summed E-state index contributed by atoms with van der Waals surface area (Å²) in [5.74, 6) is -2.95. The SMILES string of the molecule is CCOC(=O)C(C)(C)ON=C(C(=O)NC1C(=O)N2C(C(=O)O)=C(CSc3nncs3)CS[C@@H]12)c1nsc(N)n1. The van der Waals surface area contributed by atoms with E-state index in [4.69, 9.17) is 15.3 Å². The minimum Gasteiger partial charge on any atom is -0.477 e. The predicted octanol–water partition coefficient (Wildman–Crippen LogP) is 0.565. The van der Waals surface area contributed by atoms with E-state index >= 15 is 0 Å². The number of carbonyl (C=O) groups is 4. The lowest BCUT2D eigenvalue weighted by Gasteiger charge is -2.49. The van der Waals surface area contributed by atoms with Crippen LogP contribution in [0.3, 0.4) is 0 Å². The molecule has 15 nitrogen and oxygen atoms in total. The molecule has 0 radical (unpaired) electrons. The lowest BCUT2D eigenvalue weighted by atomic mass is 10.0. The Morgan fingerprint density at radius 2 is 2.15 bits per heavy atom. The van der Waals surface area contributed by atoms with Crippen LogP contribution in [0.15, 0.2) is 26.3 Å². The Hall–Kier alpha value is -3.29. The van der Waals surface area contributed by atoms with Gasteiger partial charge in [0.05, 0.1) is 6.61 Å². The number of hydrogen-bond donors (Lipinski definition) is 3. The maximum absolute atomic E-state index is 13.2. The summed E-state index contributed by atoms with van der Waals surface area (Å²) in [7, 11) is 0. The van der Waals surface area contributed by atoms with Crippen LogP contribution in [-0.2, 0) is 28.8 Å². The van der Waals surface area contributed by atoms with Crippen LogP contribution >= 0.6 is 46.4 Å². The van der Waals surface area contributed by atoms with E-state index in [-0.39, 0.29) is 23.3 Å². The Morgan fingerprint density at radius 3 is 2.77 bits per heavy atom. The molecule has 0 aliphatic carbocycles. The monoisotopic (exact) mass is 614 g/mol. The largest absolute Gasteiger partial charge is 0.477 e. The van der Waals surface area contributed by atoms with Crippen molar-refractivity contribution < 1.29 is 33.9 Å². The van der Waals surface area contributed by atoms with Gasteiger partial charge in [0.2, 0.25) is 17.1 Å². The summed E-state index contributed by atoms with van der Waals surface area (Å²) in [5.41, 5.74) is 5.70. The fourth-order valence-corrected chi connectivity index (χ4v) is 6.80. The first-order valence-electron chi connectivity index (χ1n) is 11.2. The molecule has 4 heterocycles. The van der Waals surface area contributed by atoms with Crippen molar-refractivity contribution in [2.24, 2.45) is 5.16 Å². The summed E-state index contributed by atoms with van der Waals surface area (Å²) in [6.45, 7) is 4.55. The maximum Gasteiger partial charge on any atom is 0.352 e. The van der Waals surface area contributed by atoms with Crippen molar-refractivity contribution in [2.75, 3.05) is 23.8 Å². The zero-order chi connectivity index (χ0) is 28.3. The molecule has 1 saturated heterocycles. The lowest BCUT2D eigenvalue weighted by Crippen LogP contribution is -2.71. The van der Waals surface area contributed by atoms with Gasteiger partial charge in [-0.05, 0) is 26.3 Å². The second kappa shape index (κ2) is 11.8. The van der Waals surface area contributed by atoms with Gasteiger partial charge in [-0.1, -0.05) is 28.3 Å². The van der Waals surface area contributed by atoms with Crippen molar-refractivity contribution in [2.45, 2.75) is 42.1 Å². The number of β-lactam (4-membered cyclic amide) rings is 1. The molecule has 19 heteroatoms. The van der Waals surface area contributed by atoms with E-state index in [1.807, 2.05) is 0 Å². The number of thioether (sulfide) groups is 2. The molecular formula is C20H22N8O7S4. The normalized spacial score (nSPS) is 19.3. The van der Waals surface area contributed by atoms with Crippen LogP contribution in [0.1, 0.15) is 26.6 Å². The number of esters is 1. The highest BCUT2D eigenvalue weighted by molar-refractivity contribution is 8.01. The molecule has 1 fully saturated rings. The zero-order valence-corrected chi connectivity index (χ0v) is 23.9. The minimum atomic E-state index is -1.55. The van der Waals surface area contributed by atoms with Crippen molar-refractivity contribution in [3.05, 3.63) is 22.6 Å². The Kier molecular flexibility index (Phi) is 8.72. The highest BCUT2D eigenvalue weighted by Crippen LogP contribution is 2.41. The number of hydrogen-bond acceptors (Lipinski definition) is 16. The second-order valence-electron chi connectivity index (χ2n) is 8.33. The van der Waals surface area contributed by atoms with Gasteiger partial charge in [0.25, 0.3) is 11.8 Å². The van der Waals surface area contributed by atoms with Crippen LogP contribution < -0.4 is 11.1 Å². The Bertz CT molecular complexity index is 1340. The van der Waals surface area contributed by atoms with Crippen LogP contribution in [0.25, 0.3) is 0 Å². The van der Waals surface area contributed by atoms with Gasteiger partial charge in [0.1, 0.15) is 22.6 Å². The smallest absolute Gasteiger partial charge is 0.352 e. The Balaban J connectivity index is 1.51. The number of fused-ring (bicyclic) bond motifs is 1. The highest BCUT2D eigenvalue weighted by atomic mass is 32.2. The van der Waals surface area contributed by atoms with E-state index < -0.39 is 46.5 Å². The number of aliphatic carboxylic acids is 1. The number of nitrogens with two attached hydrogens (primary N) is 1. The van der Waals surface area contributed by atoms with Crippen LogP contribution in [0, 0.1) is 0 Å². The molecule has 2 aliphatic rings. The highest BCUT2D eigenvalue weighted by Gasteiger charge is 2.54.